The Bertz CT molecular complexity index is 369. The van der Waals surface area contributed by atoms with Gasteiger partial charge in [0.25, 0.3) is 5.91 Å². The van der Waals surface area contributed by atoms with Crippen molar-refractivity contribution in [2.24, 2.45) is 0 Å². The molecule has 0 fully saturated rings. The Balaban J connectivity index is 2.82. The molecule has 0 bridgehead atoms. The third-order valence-electron chi connectivity index (χ3n) is 2.33. The molecule has 0 aliphatic carbocycles. The summed E-state index contributed by atoms with van der Waals surface area (Å²) in [5.41, 5.74) is 1.59. The van der Waals surface area contributed by atoms with Crippen LogP contribution in [0, 0.1) is 20.8 Å². The molecule has 4 heteroatoms. The largest absolute Gasteiger partial charge is 0.466 e. The number of carbonyl (C=O) groups excluding carboxylic acids is 1. The molecule has 1 amide bonds. The van der Waals surface area contributed by atoms with Crippen LogP contribution in [-0.4, -0.2) is 17.3 Å². The minimum Gasteiger partial charge on any atom is -0.466 e. The smallest absolute Gasteiger partial charge is 0.255 e. The molecule has 0 saturated carbocycles. The molecule has 0 aliphatic rings. The van der Waals surface area contributed by atoms with Gasteiger partial charge in [0, 0.05) is 16.9 Å². The Morgan fingerprint density at radius 1 is 1.40 bits per heavy atom. The first-order valence-corrected chi connectivity index (χ1v) is 5.84. The van der Waals surface area contributed by atoms with Crippen LogP contribution in [0.2, 0.25) is 0 Å². The fourth-order valence-corrected chi connectivity index (χ4v) is 1.61. The van der Waals surface area contributed by atoms with E-state index in [1.54, 1.807) is 0 Å². The van der Waals surface area contributed by atoms with Crippen molar-refractivity contribution < 1.29 is 9.21 Å². The molecule has 0 saturated heterocycles. The predicted octanol–water partition coefficient (Wildman–Crippen LogP) is 2.72. The standard InChI is InChI=1S/C11H16BrNO2/c1-6(12)5-13-11(14)10-7(2)8(3)15-9(10)4/h6H,5H2,1-4H3,(H,13,14). The fourth-order valence-electron chi connectivity index (χ4n) is 1.45. The number of alkyl halides is 1. The Morgan fingerprint density at radius 2 is 2.00 bits per heavy atom. The molecule has 1 aromatic heterocycles. The summed E-state index contributed by atoms with van der Waals surface area (Å²) >= 11 is 3.38. The number of rotatable bonds is 3. The number of carbonyl (C=O) groups is 1. The molecule has 3 nitrogen and oxygen atoms in total. The Labute approximate surface area is 98.4 Å². The van der Waals surface area contributed by atoms with E-state index in [4.69, 9.17) is 4.42 Å². The lowest BCUT2D eigenvalue weighted by Gasteiger charge is -2.06. The zero-order valence-electron chi connectivity index (χ0n) is 9.48. The van der Waals surface area contributed by atoms with Crippen LogP contribution in [0.1, 0.15) is 34.4 Å². The molecule has 0 radical (unpaired) electrons. The number of furan rings is 1. The van der Waals surface area contributed by atoms with E-state index in [9.17, 15) is 4.79 Å². The van der Waals surface area contributed by atoms with Crippen LogP contribution in [0.25, 0.3) is 0 Å². The van der Waals surface area contributed by atoms with Gasteiger partial charge in [0.15, 0.2) is 0 Å². The van der Waals surface area contributed by atoms with Gasteiger partial charge in [-0.05, 0) is 20.8 Å². The maximum atomic E-state index is 11.8. The van der Waals surface area contributed by atoms with Crippen molar-refractivity contribution in [2.45, 2.75) is 32.5 Å². The maximum absolute atomic E-state index is 11.8. The van der Waals surface area contributed by atoms with Gasteiger partial charge in [-0.15, -0.1) is 0 Å². The van der Waals surface area contributed by atoms with Gasteiger partial charge in [-0.1, -0.05) is 22.9 Å². The predicted molar refractivity (Wildman–Crippen MR) is 63.6 cm³/mol. The third-order valence-corrected chi connectivity index (χ3v) is 2.66. The quantitative estimate of drug-likeness (QED) is 0.861. The summed E-state index contributed by atoms with van der Waals surface area (Å²) in [7, 11) is 0. The van der Waals surface area contributed by atoms with Gasteiger partial charge < -0.3 is 9.73 Å². The number of hydrogen-bond donors (Lipinski definition) is 1. The lowest BCUT2D eigenvalue weighted by molar-refractivity contribution is 0.0952. The first kappa shape index (κ1) is 12.3. The highest BCUT2D eigenvalue weighted by Crippen LogP contribution is 2.20. The lowest BCUT2D eigenvalue weighted by atomic mass is 10.1. The van der Waals surface area contributed by atoms with Crippen molar-refractivity contribution in [1.82, 2.24) is 5.32 Å². The summed E-state index contributed by atoms with van der Waals surface area (Å²) in [4.78, 5) is 12.1. The minimum absolute atomic E-state index is 0.0619. The van der Waals surface area contributed by atoms with Crippen molar-refractivity contribution in [3.8, 4) is 0 Å². The van der Waals surface area contributed by atoms with Crippen LogP contribution < -0.4 is 5.32 Å². The van der Waals surface area contributed by atoms with E-state index in [1.807, 2.05) is 27.7 Å². The van der Waals surface area contributed by atoms with Gasteiger partial charge in [-0.2, -0.15) is 0 Å². The second kappa shape index (κ2) is 4.84. The molecule has 0 aliphatic heterocycles. The SMILES string of the molecule is Cc1oc(C)c(C(=O)NCC(C)Br)c1C. The highest BCUT2D eigenvalue weighted by molar-refractivity contribution is 9.09. The van der Waals surface area contributed by atoms with Crippen molar-refractivity contribution in [2.75, 3.05) is 6.54 Å². The van der Waals surface area contributed by atoms with Crippen molar-refractivity contribution >= 4 is 21.8 Å². The molecule has 1 heterocycles. The molecule has 1 atom stereocenters. The van der Waals surface area contributed by atoms with Crippen LogP contribution >= 0.6 is 15.9 Å². The Hall–Kier alpha value is -0.770. The fraction of sp³-hybridized carbons (Fsp3) is 0.545. The highest BCUT2D eigenvalue weighted by Gasteiger charge is 2.18. The van der Waals surface area contributed by atoms with E-state index >= 15 is 0 Å². The summed E-state index contributed by atoms with van der Waals surface area (Å²) in [5, 5.41) is 2.85. The summed E-state index contributed by atoms with van der Waals surface area (Å²) in [5.74, 6) is 1.43. The van der Waals surface area contributed by atoms with Crippen LogP contribution in [0.4, 0.5) is 0 Å². The third kappa shape index (κ3) is 2.84. The molecular weight excluding hydrogens is 258 g/mol. The lowest BCUT2D eigenvalue weighted by Crippen LogP contribution is -2.29. The van der Waals surface area contributed by atoms with Gasteiger partial charge >= 0.3 is 0 Å². The van der Waals surface area contributed by atoms with E-state index in [0.717, 1.165) is 11.3 Å². The van der Waals surface area contributed by atoms with E-state index < -0.39 is 0 Å². The Morgan fingerprint density at radius 3 is 2.40 bits per heavy atom. The van der Waals surface area contributed by atoms with E-state index in [2.05, 4.69) is 21.2 Å². The van der Waals surface area contributed by atoms with Crippen molar-refractivity contribution in [1.29, 1.82) is 0 Å². The van der Waals surface area contributed by atoms with Gasteiger partial charge in [0.2, 0.25) is 0 Å². The van der Waals surface area contributed by atoms with Crippen molar-refractivity contribution in [3.63, 3.8) is 0 Å². The summed E-state index contributed by atoms with van der Waals surface area (Å²) in [6, 6.07) is 0. The zero-order chi connectivity index (χ0) is 11.6. The number of aryl methyl sites for hydroxylation is 2. The van der Waals surface area contributed by atoms with Crippen LogP contribution in [0.3, 0.4) is 0 Å². The maximum Gasteiger partial charge on any atom is 0.255 e. The monoisotopic (exact) mass is 273 g/mol. The van der Waals surface area contributed by atoms with E-state index in [1.165, 1.54) is 0 Å². The summed E-state index contributed by atoms with van der Waals surface area (Å²) in [6.07, 6.45) is 0. The number of halogens is 1. The second-order valence-electron chi connectivity index (χ2n) is 3.71. The average Bonchev–Trinajstić information content (AvgIpc) is 2.37. The summed E-state index contributed by atoms with van der Waals surface area (Å²) in [6.45, 7) is 8.18. The molecule has 1 aromatic rings. The van der Waals surface area contributed by atoms with Crippen LogP contribution in [-0.2, 0) is 0 Å². The second-order valence-corrected chi connectivity index (χ2v) is 5.27. The first-order valence-electron chi connectivity index (χ1n) is 4.92. The summed E-state index contributed by atoms with van der Waals surface area (Å²) < 4.78 is 5.40. The molecule has 15 heavy (non-hydrogen) atoms. The van der Waals surface area contributed by atoms with Crippen LogP contribution in [0.5, 0.6) is 0 Å². The molecule has 1 unspecified atom stereocenters. The average molecular weight is 274 g/mol. The zero-order valence-corrected chi connectivity index (χ0v) is 11.1. The number of nitrogens with one attached hydrogen (secondary N) is 1. The topological polar surface area (TPSA) is 42.2 Å². The van der Waals surface area contributed by atoms with Crippen molar-refractivity contribution in [3.05, 3.63) is 22.6 Å². The molecule has 1 rings (SSSR count). The number of hydrogen-bond acceptors (Lipinski definition) is 2. The van der Waals surface area contributed by atoms with E-state index in [0.29, 0.717) is 17.9 Å². The molecule has 0 aromatic carbocycles. The first-order chi connectivity index (χ1) is 6.93. The molecule has 1 N–H and O–H groups in total. The normalized spacial score (nSPS) is 12.6. The Kier molecular flexibility index (Phi) is 3.97. The van der Waals surface area contributed by atoms with Gasteiger partial charge in [0.1, 0.15) is 11.5 Å². The molecular formula is C11H16BrNO2. The van der Waals surface area contributed by atoms with E-state index in [-0.39, 0.29) is 10.7 Å². The number of amides is 1. The highest BCUT2D eigenvalue weighted by atomic mass is 79.9. The van der Waals surface area contributed by atoms with Gasteiger partial charge in [-0.3, -0.25) is 4.79 Å². The van der Waals surface area contributed by atoms with Gasteiger partial charge in [0.05, 0.1) is 5.56 Å². The van der Waals surface area contributed by atoms with Gasteiger partial charge in [-0.25, -0.2) is 0 Å². The molecule has 84 valence electrons. The minimum atomic E-state index is -0.0619. The van der Waals surface area contributed by atoms with Crippen LogP contribution in [0.15, 0.2) is 4.42 Å². The molecule has 0 spiro atoms.